The Balaban J connectivity index is 1.90. The lowest BCUT2D eigenvalue weighted by Crippen LogP contribution is -2.53. The van der Waals surface area contributed by atoms with Crippen molar-refractivity contribution >= 4 is 36.3 Å². The van der Waals surface area contributed by atoms with Crippen LogP contribution in [0.15, 0.2) is 0 Å². The van der Waals surface area contributed by atoms with Crippen LogP contribution in [0.25, 0.3) is 0 Å². The zero-order valence-electron chi connectivity index (χ0n) is 13.9. The van der Waals surface area contributed by atoms with Crippen LogP contribution < -0.4 is 11.1 Å². The molecule has 2 fully saturated rings. The van der Waals surface area contributed by atoms with Gasteiger partial charge in [0.05, 0.1) is 12.6 Å². The van der Waals surface area contributed by atoms with Crippen LogP contribution in [0.4, 0.5) is 0 Å². The number of nitrogens with zero attached hydrogens (tertiary/aromatic N) is 2. The van der Waals surface area contributed by atoms with Gasteiger partial charge in [0.1, 0.15) is 12.1 Å². The summed E-state index contributed by atoms with van der Waals surface area (Å²) >= 11 is 4.00. The Morgan fingerprint density at radius 3 is 2.32 bits per heavy atom. The van der Waals surface area contributed by atoms with Crippen molar-refractivity contribution in [3.63, 3.8) is 0 Å². The Morgan fingerprint density at radius 1 is 1.12 bits per heavy atom. The number of likely N-dealkylation sites (tertiary alicyclic amines) is 2. The van der Waals surface area contributed by atoms with E-state index in [1.807, 2.05) is 0 Å². The Kier molecular flexibility index (Phi) is 6.65. The van der Waals surface area contributed by atoms with Crippen molar-refractivity contribution in [1.29, 1.82) is 0 Å². The summed E-state index contributed by atoms with van der Waals surface area (Å²) in [4.78, 5) is 50.6. The number of hydrogen-bond acceptors (Lipinski definition) is 6. The molecular weight excluding hydrogens is 348 g/mol. The molecule has 0 aromatic rings. The number of carboxylic acids is 1. The van der Waals surface area contributed by atoms with Crippen molar-refractivity contribution in [2.45, 2.75) is 43.8 Å². The molecule has 0 aromatic heterocycles. The van der Waals surface area contributed by atoms with Gasteiger partial charge in [-0.1, -0.05) is 0 Å². The fraction of sp³-hybridized carbons (Fsp3) is 0.733. The van der Waals surface area contributed by atoms with Crippen molar-refractivity contribution < 1.29 is 24.3 Å². The Hall–Kier alpha value is -1.81. The van der Waals surface area contributed by atoms with Crippen LogP contribution >= 0.6 is 12.6 Å². The van der Waals surface area contributed by atoms with Crippen LogP contribution in [-0.4, -0.2) is 82.1 Å². The maximum absolute atomic E-state index is 12.4. The molecule has 140 valence electrons. The molecule has 2 aliphatic rings. The molecule has 2 rings (SSSR count). The third kappa shape index (κ3) is 4.43. The summed E-state index contributed by atoms with van der Waals surface area (Å²) in [6, 6.07) is -2.25. The van der Waals surface area contributed by atoms with Crippen LogP contribution in [0.1, 0.15) is 25.7 Å². The monoisotopic (exact) mass is 372 g/mol. The van der Waals surface area contributed by atoms with E-state index < -0.39 is 35.9 Å². The predicted octanol–water partition coefficient (Wildman–Crippen LogP) is -1.57. The number of nitrogens with two attached hydrogens (primary N) is 1. The molecule has 0 aliphatic carbocycles. The zero-order valence-corrected chi connectivity index (χ0v) is 14.8. The predicted molar refractivity (Wildman–Crippen MR) is 91.9 cm³/mol. The largest absolute Gasteiger partial charge is 0.480 e. The number of carbonyl (C=O) groups excluding carboxylic acids is 3. The first-order valence-corrected chi connectivity index (χ1v) is 8.97. The van der Waals surface area contributed by atoms with E-state index in [4.69, 9.17) is 10.8 Å². The van der Waals surface area contributed by atoms with Gasteiger partial charge in [-0.25, -0.2) is 4.79 Å². The molecular formula is C15H24N4O5S. The summed E-state index contributed by atoms with van der Waals surface area (Å²) in [6.45, 7) is 0.538. The third-order valence-electron chi connectivity index (χ3n) is 4.62. The van der Waals surface area contributed by atoms with Crippen molar-refractivity contribution in [2.24, 2.45) is 5.73 Å². The van der Waals surface area contributed by atoms with E-state index in [1.165, 1.54) is 9.80 Å². The lowest BCUT2D eigenvalue weighted by atomic mass is 10.2. The topological polar surface area (TPSA) is 133 Å². The second-order valence-corrected chi connectivity index (χ2v) is 6.65. The molecule has 2 heterocycles. The third-order valence-corrected chi connectivity index (χ3v) is 5.02. The highest BCUT2D eigenvalue weighted by molar-refractivity contribution is 7.80. The summed E-state index contributed by atoms with van der Waals surface area (Å²) in [5.41, 5.74) is 5.69. The van der Waals surface area contributed by atoms with E-state index in [9.17, 15) is 19.2 Å². The fourth-order valence-corrected chi connectivity index (χ4v) is 3.45. The van der Waals surface area contributed by atoms with Gasteiger partial charge in [0, 0.05) is 18.8 Å². The number of thiol groups is 1. The number of amides is 3. The molecule has 0 bridgehead atoms. The van der Waals surface area contributed by atoms with Crippen molar-refractivity contribution in [1.82, 2.24) is 15.1 Å². The number of rotatable bonds is 6. The van der Waals surface area contributed by atoms with Gasteiger partial charge in [-0.2, -0.15) is 12.6 Å². The number of aliphatic carboxylic acids is 1. The van der Waals surface area contributed by atoms with E-state index in [2.05, 4.69) is 17.9 Å². The zero-order chi connectivity index (χ0) is 18.6. The first kappa shape index (κ1) is 19.5. The lowest BCUT2D eigenvalue weighted by molar-refractivity contribution is -0.148. The van der Waals surface area contributed by atoms with E-state index in [1.54, 1.807) is 0 Å². The summed E-state index contributed by atoms with van der Waals surface area (Å²) < 4.78 is 0. The highest BCUT2D eigenvalue weighted by Gasteiger charge is 2.37. The van der Waals surface area contributed by atoms with Gasteiger partial charge >= 0.3 is 5.97 Å². The van der Waals surface area contributed by atoms with Gasteiger partial charge in [0.2, 0.25) is 17.7 Å². The molecule has 2 aliphatic heterocycles. The van der Waals surface area contributed by atoms with Crippen LogP contribution in [0.3, 0.4) is 0 Å². The number of hydrogen-bond donors (Lipinski definition) is 4. The standard InChI is InChI=1S/C15H24N4O5S/c16-9(8-25)14(22)19-6-1-3-10(19)13(21)17-7-12(20)18-5-2-4-11(18)15(23)24/h9-11,25H,1-8,16H2,(H,17,21)(H,23,24). The van der Waals surface area contributed by atoms with Crippen molar-refractivity contribution in [2.75, 3.05) is 25.4 Å². The first-order chi connectivity index (χ1) is 11.9. The average Bonchev–Trinajstić information content (AvgIpc) is 3.26. The quantitative estimate of drug-likeness (QED) is 0.416. The van der Waals surface area contributed by atoms with E-state index in [0.717, 1.165) is 0 Å². The Morgan fingerprint density at radius 2 is 1.72 bits per heavy atom. The highest BCUT2D eigenvalue weighted by atomic mass is 32.1. The first-order valence-electron chi connectivity index (χ1n) is 8.33. The normalized spacial score (nSPS) is 24.2. The van der Waals surface area contributed by atoms with Crippen LogP contribution in [0.5, 0.6) is 0 Å². The van der Waals surface area contributed by atoms with E-state index in [0.29, 0.717) is 38.8 Å². The molecule has 25 heavy (non-hydrogen) atoms. The summed E-state index contributed by atoms with van der Waals surface area (Å²) in [7, 11) is 0. The minimum absolute atomic E-state index is 0.188. The van der Waals surface area contributed by atoms with Crippen LogP contribution in [0.2, 0.25) is 0 Å². The molecule has 0 saturated carbocycles. The molecule has 0 radical (unpaired) electrons. The Labute approximate surface area is 151 Å². The summed E-state index contributed by atoms with van der Waals surface area (Å²) in [6.07, 6.45) is 2.24. The average molecular weight is 372 g/mol. The second-order valence-electron chi connectivity index (χ2n) is 6.28. The lowest BCUT2D eigenvalue weighted by Gasteiger charge is -2.27. The number of carbonyl (C=O) groups is 4. The maximum atomic E-state index is 12.4. The van der Waals surface area contributed by atoms with Crippen LogP contribution in [0, 0.1) is 0 Å². The molecule has 3 amide bonds. The smallest absolute Gasteiger partial charge is 0.326 e. The summed E-state index contributed by atoms with van der Waals surface area (Å²) in [5, 5.41) is 11.6. The molecule has 9 nitrogen and oxygen atoms in total. The molecule has 0 spiro atoms. The molecule has 4 N–H and O–H groups in total. The molecule has 10 heteroatoms. The minimum Gasteiger partial charge on any atom is -0.480 e. The van der Waals surface area contributed by atoms with Gasteiger partial charge in [0.25, 0.3) is 0 Å². The van der Waals surface area contributed by atoms with Crippen molar-refractivity contribution in [3.05, 3.63) is 0 Å². The van der Waals surface area contributed by atoms with E-state index in [-0.39, 0.29) is 18.2 Å². The van der Waals surface area contributed by atoms with Crippen molar-refractivity contribution in [3.8, 4) is 0 Å². The highest BCUT2D eigenvalue weighted by Crippen LogP contribution is 2.19. The van der Waals surface area contributed by atoms with E-state index >= 15 is 0 Å². The Bertz CT molecular complexity index is 558. The van der Waals surface area contributed by atoms with Gasteiger partial charge in [0.15, 0.2) is 0 Å². The number of nitrogens with one attached hydrogen (secondary N) is 1. The van der Waals surface area contributed by atoms with Gasteiger partial charge < -0.3 is 26.0 Å². The van der Waals surface area contributed by atoms with Gasteiger partial charge in [-0.05, 0) is 25.7 Å². The maximum Gasteiger partial charge on any atom is 0.326 e. The van der Waals surface area contributed by atoms with Crippen LogP contribution in [-0.2, 0) is 19.2 Å². The van der Waals surface area contributed by atoms with Gasteiger partial charge in [-0.3, -0.25) is 14.4 Å². The molecule has 3 atom stereocenters. The second kappa shape index (κ2) is 8.52. The molecule has 2 saturated heterocycles. The van der Waals surface area contributed by atoms with Gasteiger partial charge in [-0.15, -0.1) is 0 Å². The molecule has 0 aromatic carbocycles. The minimum atomic E-state index is -1.04. The SMILES string of the molecule is NC(CS)C(=O)N1CCCC1C(=O)NCC(=O)N1CCCC1C(=O)O. The fourth-order valence-electron chi connectivity index (χ4n) is 3.30. The summed E-state index contributed by atoms with van der Waals surface area (Å²) in [5.74, 6) is -2.03. The molecule has 3 unspecified atom stereocenters. The number of carboxylic acid groups (broad SMARTS) is 1.